The zero-order valence-corrected chi connectivity index (χ0v) is 10.8. The third-order valence-electron chi connectivity index (χ3n) is 7.22. The number of hydrogen-bond donors (Lipinski definition) is 1. The maximum absolute atomic E-state index is 3.94. The van der Waals surface area contributed by atoms with E-state index in [1.165, 1.54) is 13.0 Å². The Morgan fingerprint density at radius 3 is 2.00 bits per heavy atom. The highest BCUT2D eigenvalue weighted by molar-refractivity contribution is 5.13. The Morgan fingerprint density at radius 2 is 1.41 bits per heavy atom. The van der Waals surface area contributed by atoms with Crippen molar-refractivity contribution in [2.45, 2.75) is 57.4 Å². The predicted molar refractivity (Wildman–Crippen MR) is 68.6 cm³/mol. The summed E-state index contributed by atoms with van der Waals surface area (Å²) >= 11 is 0. The molecule has 1 atom stereocenters. The zero-order chi connectivity index (χ0) is 11.0. The fourth-order valence-electron chi connectivity index (χ4n) is 6.63. The summed E-state index contributed by atoms with van der Waals surface area (Å²) in [4.78, 5) is 0. The molecule has 1 N–H and O–H groups in total. The van der Waals surface area contributed by atoms with Gasteiger partial charge in [0.25, 0.3) is 0 Å². The Morgan fingerprint density at radius 1 is 0.765 bits per heavy atom. The molecule has 94 valence electrons. The van der Waals surface area contributed by atoms with Gasteiger partial charge in [0.15, 0.2) is 0 Å². The summed E-state index contributed by atoms with van der Waals surface area (Å²) in [6, 6.07) is 0.942. The Balaban J connectivity index is 1.47. The van der Waals surface area contributed by atoms with E-state index in [1.54, 1.807) is 44.9 Å². The molecule has 0 amide bonds. The molecule has 1 heteroatoms. The first-order valence-electron chi connectivity index (χ1n) is 8.07. The first kappa shape index (κ1) is 9.83. The lowest BCUT2D eigenvalue weighted by Gasteiger charge is -2.57. The highest BCUT2D eigenvalue weighted by atomic mass is 15.0. The number of rotatable bonds is 1. The van der Waals surface area contributed by atoms with E-state index >= 15 is 0 Å². The molecule has 6 rings (SSSR count). The highest BCUT2D eigenvalue weighted by Crippen LogP contribution is 2.64. The number of hydrogen-bond acceptors (Lipinski definition) is 1. The van der Waals surface area contributed by atoms with Crippen molar-refractivity contribution in [1.82, 2.24) is 5.32 Å². The third kappa shape index (κ3) is 1.25. The molecule has 5 saturated carbocycles. The smallest absolute Gasteiger partial charge is 0.0157 e. The third-order valence-corrected chi connectivity index (χ3v) is 7.22. The normalized spacial score (nSPS) is 57.9. The first-order valence-corrected chi connectivity index (χ1v) is 8.07. The minimum Gasteiger partial charge on any atom is -0.313 e. The van der Waals surface area contributed by atoms with Gasteiger partial charge in [-0.05, 0) is 92.9 Å². The average molecular weight is 231 g/mol. The molecule has 1 aliphatic heterocycles. The molecule has 0 aromatic rings. The van der Waals surface area contributed by atoms with Gasteiger partial charge >= 0.3 is 0 Å². The van der Waals surface area contributed by atoms with Gasteiger partial charge in [0, 0.05) is 6.04 Å². The summed E-state index contributed by atoms with van der Waals surface area (Å²) in [5, 5.41) is 3.94. The van der Waals surface area contributed by atoms with E-state index in [4.69, 9.17) is 0 Å². The summed E-state index contributed by atoms with van der Waals surface area (Å²) in [6.07, 6.45) is 12.6. The molecule has 5 aliphatic carbocycles. The van der Waals surface area contributed by atoms with Crippen LogP contribution in [0, 0.1) is 35.0 Å². The van der Waals surface area contributed by atoms with Crippen molar-refractivity contribution in [2.24, 2.45) is 35.0 Å². The lowest BCUT2D eigenvalue weighted by Crippen LogP contribution is -2.53. The molecule has 0 aromatic carbocycles. The molecule has 1 heterocycles. The highest BCUT2D eigenvalue weighted by Gasteiger charge is 2.60. The van der Waals surface area contributed by atoms with Crippen LogP contribution in [0.15, 0.2) is 0 Å². The van der Waals surface area contributed by atoms with Crippen LogP contribution in [-0.2, 0) is 0 Å². The van der Waals surface area contributed by atoms with Crippen molar-refractivity contribution in [1.29, 1.82) is 0 Å². The van der Waals surface area contributed by atoms with E-state index in [9.17, 15) is 0 Å². The number of nitrogens with one attached hydrogen (secondary N) is 1. The molecule has 17 heavy (non-hydrogen) atoms. The van der Waals surface area contributed by atoms with E-state index in [1.807, 2.05) is 0 Å². The van der Waals surface area contributed by atoms with Crippen LogP contribution in [-0.4, -0.2) is 12.6 Å². The minimum atomic E-state index is 0.806. The molecular weight excluding hydrogens is 206 g/mol. The van der Waals surface area contributed by atoms with Crippen LogP contribution >= 0.6 is 0 Å². The van der Waals surface area contributed by atoms with Gasteiger partial charge in [-0.25, -0.2) is 0 Å². The second kappa shape index (κ2) is 3.10. The molecule has 0 radical (unpaired) electrons. The van der Waals surface area contributed by atoms with Crippen LogP contribution in [0.4, 0.5) is 0 Å². The second-order valence-corrected chi connectivity index (χ2v) is 8.05. The Kier molecular flexibility index (Phi) is 1.79. The van der Waals surface area contributed by atoms with Crippen molar-refractivity contribution in [3.63, 3.8) is 0 Å². The maximum atomic E-state index is 3.94. The van der Waals surface area contributed by atoms with Gasteiger partial charge in [-0.15, -0.1) is 0 Å². The SMILES string of the molecule is C1CC2(CC2)C(C2C3CC4CC(C3)CC2C4)N1. The first-order chi connectivity index (χ1) is 8.34. The van der Waals surface area contributed by atoms with E-state index in [0.717, 1.165) is 41.0 Å². The molecule has 1 unspecified atom stereocenters. The summed E-state index contributed by atoms with van der Waals surface area (Å²) in [5.41, 5.74) is 0.806. The molecule has 4 bridgehead atoms. The van der Waals surface area contributed by atoms with Gasteiger partial charge < -0.3 is 5.32 Å². The van der Waals surface area contributed by atoms with Crippen molar-refractivity contribution in [3.05, 3.63) is 0 Å². The van der Waals surface area contributed by atoms with Crippen LogP contribution in [0.3, 0.4) is 0 Å². The molecule has 1 saturated heterocycles. The summed E-state index contributed by atoms with van der Waals surface area (Å²) < 4.78 is 0. The summed E-state index contributed by atoms with van der Waals surface area (Å²) in [7, 11) is 0. The topological polar surface area (TPSA) is 12.0 Å². The van der Waals surface area contributed by atoms with E-state index in [-0.39, 0.29) is 0 Å². The predicted octanol–water partition coefficient (Wildman–Crippen LogP) is 3.20. The van der Waals surface area contributed by atoms with Gasteiger partial charge in [0.05, 0.1) is 0 Å². The Bertz CT molecular complexity index is 315. The lowest BCUT2D eigenvalue weighted by molar-refractivity contribution is -0.0573. The van der Waals surface area contributed by atoms with Gasteiger partial charge in [0.2, 0.25) is 0 Å². The van der Waals surface area contributed by atoms with Gasteiger partial charge in [-0.3, -0.25) is 0 Å². The van der Waals surface area contributed by atoms with Crippen LogP contribution in [0.2, 0.25) is 0 Å². The molecule has 6 aliphatic rings. The minimum absolute atomic E-state index is 0.806. The Labute approximate surface area is 105 Å². The van der Waals surface area contributed by atoms with E-state index in [0.29, 0.717) is 0 Å². The molecule has 0 aromatic heterocycles. The van der Waals surface area contributed by atoms with Crippen LogP contribution < -0.4 is 5.32 Å². The van der Waals surface area contributed by atoms with Crippen molar-refractivity contribution in [2.75, 3.05) is 6.54 Å². The molecule has 1 nitrogen and oxygen atoms in total. The van der Waals surface area contributed by atoms with Crippen molar-refractivity contribution in [3.8, 4) is 0 Å². The van der Waals surface area contributed by atoms with Gasteiger partial charge in [-0.1, -0.05) is 0 Å². The summed E-state index contributed by atoms with van der Waals surface area (Å²) in [5.74, 6) is 5.63. The van der Waals surface area contributed by atoms with Gasteiger partial charge in [0.1, 0.15) is 0 Å². The lowest BCUT2D eigenvalue weighted by atomic mass is 9.49. The maximum Gasteiger partial charge on any atom is 0.0157 e. The molecule has 1 spiro atoms. The standard InChI is InChI=1S/C16H25N/c1-2-16(1)3-4-17-15(16)14-12-6-10-5-11(8-12)9-13(14)7-10/h10-15,17H,1-9H2. The fourth-order valence-corrected chi connectivity index (χ4v) is 6.63. The van der Waals surface area contributed by atoms with Crippen LogP contribution in [0.5, 0.6) is 0 Å². The average Bonchev–Trinajstić information content (AvgIpc) is 2.94. The van der Waals surface area contributed by atoms with Gasteiger partial charge in [-0.2, -0.15) is 0 Å². The quantitative estimate of drug-likeness (QED) is 0.731. The van der Waals surface area contributed by atoms with Crippen LogP contribution in [0.25, 0.3) is 0 Å². The second-order valence-electron chi connectivity index (χ2n) is 8.05. The zero-order valence-electron chi connectivity index (χ0n) is 10.8. The fraction of sp³-hybridized carbons (Fsp3) is 1.00. The van der Waals surface area contributed by atoms with Crippen molar-refractivity contribution < 1.29 is 0 Å². The van der Waals surface area contributed by atoms with E-state index < -0.39 is 0 Å². The summed E-state index contributed by atoms with van der Waals surface area (Å²) in [6.45, 7) is 1.33. The largest absolute Gasteiger partial charge is 0.313 e. The van der Waals surface area contributed by atoms with Crippen LogP contribution in [0.1, 0.15) is 51.4 Å². The monoisotopic (exact) mass is 231 g/mol. The molecular formula is C16H25N. The molecule has 6 fully saturated rings. The Hall–Kier alpha value is -0.0400. The van der Waals surface area contributed by atoms with Crippen molar-refractivity contribution >= 4 is 0 Å². The van der Waals surface area contributed by atoms with E-state index in [2.05, 4.69) is 5.32 Å².